The molecule has 2 N–H and O–H groups in total. The van der Waals surface area contributed by atoms with Gasteiger partial charge in [0, 0.05) is 23.5 Å². The van der Waals surface area contributed by atoms with Crippen molar-refractivity contribution in [1.82, 2.24) is 0 Å². The van der Waals surface area contributed by atoms with Crippen molar-refractivity contribution in [3.8, 4) is 0 Å². The molecule has 2 unspecified atom stereocenters. The van der Waals surface area contributed by atoms with Crippen LogP contribution in [0.2, 0.25) is 0 Å². The molecule has 0 bridgehead atoms. The molecule has 0 heterocycles. The zero-order chi connectivity index (χ0) is 23.8. The van der Waals surface area contributed by atoms with Gasteiger partial charge in [0.2, 0.25) is 0 Å². The summed E-state index contributed by atoms with van der Waals surface area (Å²) in [5, 5.41) is 7.69. The molecule has 0 saturated heterocycles. The quantitative estimate of drug-likeness (QED) is 0.310. The maximum atomic E-state index is 3.88. The number of rotatable bonds is 11. The van der Waals surface area contributed by atoms with E-state index in [4.69, 9.17) is 0 Å². The van der Waals surface area contributed by atoms with Crippen molar-refractivity contribution < 1.29 is 0 Å². The molecule has 3 heteroatoms. The van der Waals surface area contributed by atoms with E-state index >= 15 is 0 Å². The van der Waals surface area contributed by atoms with Gasteiger partial charge in [-0.05, 0) is 74.9 Å². The Morgan fingerprint density at radius 2 is 1.06 bits per heavy atom. The second kappa shape index (κ2) is 11.8. The number of nitrogens with zero attached hydrogens (tertiary/aromatic N) is 1. The van der Waals surface area contributed by atoms with Crippen molar-refractivity contribution in [3.05, 3.63) is 78.9 Å². The summed E-state index contributed by atoms with van der Waals surface area (Å²) < 4.78 is 0. The summed E-state index contributed by atoms with van der Waals surface area (Å²) in [5.74, 6) is 1.28. The molecule has 0 spiro atoms. The van der Waals surface area contributed by atoms with E-state index in [2.05, 4.69) is 136 Å². The van der Waals surface area contributed by atoms with Gasteiger partial charge in [0.05, 0.1) is 17.1 Å². The third kappa shape index (κ3) is 7.02. The first-order valence-corrected chi connectivity index (χ1v) is 12.4. The van der Waals surface area contributed by atoms with Crippen LogP contribution in [0, 0.1) is 11.8 Å². The summed E-state index contributed by atoms with van der Waals surface area (Å²) in [6, 6.07) is 28.6. The summed E-state index contributed by atoms with van der Waals surface area (Å²) in [5.41, 5.74) is 5.78. The molecular formula is C30H41N3. The molecule has 3 aromatic rings. The lowest BCUT2D eigenvalue weighted by molar-refractivity contribution is 0.536. The van der Waals surface area contributed by atoms with Gasteiger partial charge < -0.3 is 15.5 Å². The van der Waals surface area contributed by atoms with Gasteiger partial charge in [-0.1, -0.05) is 70.2 Å². The summed E-state index contributed by atoms with van der Waals surface area (Å²) in [4.78, 5) is 2.35. The molecule has 33 heavy (non-hydrogen) atoms. The lowest BCUT2D eigenvalue weighted by atomic mass is 10.0. The van der Waals surface area contributed by atoms with E-state index in [0.717, 1.165) is 41.3 Å². The van der Waals surface area contributed by atoms with Gasteiger partial charge in [-0.3, -0.25) is 0 Å². The van der Waals surface area contributed by atoms with Crippen molar-refractivity contribution in [3.63, 3.8) is 0 Å². The Hall–Kier alpha value is -2.94. The van der Waals surface area contributed by atoms with Gasteiger partial charge in [0.25, 0.3) is 0 Å². The monoisotopic (exact) mass is 443 g/mol. The predicted molar refractivity (Wildman–Crippen MR) is 146 cm³/mol. The Balaban J connectivity index is 2.11. The van der Waals surface area contributed by atoms with Crippen LogP contribution in [0.25, 0.3) is 0 Å². The number of hydrogen-bond donors (Lipinski definition) is 2. The Bertz CT molecular complexity index is 927. The minimum Gasteiger partial charge on any atom is -0.381 e. The zero-order valence-electron chi connectivity index (χ0n) is 21.2. The highest BCUT2D eigenvalue weighted by Gasteiger charge is 2.20. The summed E-state index contributed by atoms with van der Waals surface area (Å²) in [6.45, 7) is 13.7. The normalized spacial score (nSPS) is 13.1. The fraction of sp³-hybridized carbons (Fsp3) is 0.400. The minimum absolute atomic E-state index is 0.362. The molecule has 0 amide bonds. The van der Waals surface area contributed by atoms with E-state index in [1.165, 1.54) is 0 Å². The maximum absolute atomic E-state index is 3.88. The number of para-hydroxylation sites is 3. The third-order valence-electron chi connectivity index (χ3n) is 5.75. The molecular weight excluding hydrogens is 402 g/mol. The Morgan fingerprint density at radius 3 is 1.55 bits per heavy atom. The second-order valence-corrected chi connectivity index (χ2v) is 10.1. The highest BCUT2D eigenvalue weighted by Crippen LogP contribution is 2.42. The first-order chi connectivity index (χ1) is 15.8. The fourth-order valence-corrected chi connectivity index (χ4v) is 4.62. The Labute approximate surface area is 201 Å². The maximum Gasteiger partial charge on any atom is 0.0822 e. The largest absolute Gasteiger partial charge is 0.381 e. The van der Waals surface area contributed by atoms with Gasteiger partial charge in [0.1, 0.15) is 0 Å². The van der Waals surface area contributed by atoms with Crippen LogP contribution in [0.3, 0.4) is 0 Å². The molecule has 2 atom stereocenters. The number of nitrogens with one attached hydrogen (secondary N) is 2. The Kier molecular flexibility index (Phi) is 8.82. The van der Waals surface area contributed by atoms with Gasteiger partial charge in [-0.15, -0.1) is 0 Å². The molecule has 3 rings (SSSR count). The summed E-state index contributed by atoms with van der Waals surface area (Å²) in [6.07, 6.45) is 2.25. The number of anilines is 5. The second-order valence-electron chi connectivity index (χ2n) is 10.1. The van der Waals surface area contributed by atoms with E-state index in [1.807, 2.05) is 0 Å². The van der Waals surface area contributed by atoms with Crippen LogP contribution < -0.4 is 15.5 Å². The first kappa shape index (κ1) is 24.7. The number of benzene rings is 3. The molecule has 0 aliphatic rings. The van der Waals surface area contributed by atoms with Crippen molar-refractivity contribution >= 4 is 28.4 Å². The Morgan fingerprint density at radius 1 is 0.576 bits per heavy atom. The molecule has 176 valence electrons. The van der Waals surface area contributed by atoms with Crippen LogP contribution in [-0.2, 0) is 0 Å². The average Bonchev–Trinajstić information content (AvgIpc) is 2.76. The van der Waals surface area contributed by atoms with Crippen LogP contribution >= 0.6 is 0 Å². The van der Waals surface area contributed by atoms with Gasteiger partial charge in [-0.2, -0.15) is 0 Å². The lowest BCUT2D eigenvalue weighted by Gasteiger charge is -2.31. The van der Waals surface area contributed by atoms with Gasteiger partial charge >= 0.3 is 0 Å². The predicted octanol–water partition coefficient (Wildman–Crippen LogP) is 8.85. The molecule has 3 nitrogen and oxygen atoms in total. The first-order valence-electron chi connectivity index (χ1n) is 12.4. The molecule has 0 fully saturated rings. The van der Waals surface area contributed by atoms with Crippen molar-refractivity contribution in [1.29, 1.82) is 0 Å². The van der Waals surface area contributed by atoms with Gasteiger partial charge in [0.15, 0.2) is 0 Å². The van der Waals surface area contributed by atoms with E-state index in [-0.39, 0.29) is 0 Å². The van der Waals surface area contributed by atoms with E-state index in [0.29, 0.717) is 23.9 Å². The molecule has 0 aliphatic carbocycles. The van der Waals surface area contributed by atoms with E-state index < -0.39 is 0 Å². The zero-order valence-corrected chi connectivity index (χ0v) is 21.2. The number of hydrogen-bond acceptors (Lipinski definition) is 3. The van der Waals surface area contributed by atoms with Crippen molar-refractivity contribution in [2.24, 2.45) is 11.8 Å². The molecule has 0 aromatic heterocycles. The van der Waals surface area contributed by atoms with Crippen molar-refractivity contribution in [2.75, 3.05) is 15.5 Å². The fourth-order valence-electron chi connectivity index (χ4n) is 4.62. The smallest absolute Gasteiger partial charge is 0.0822 e. The molecule has 0 radical (unpaired) electrons. The minimum atomic E-state index is 0.362. The average molecular weight is 444 g/mol. The lowest BCUT2D eigenvalue weighted by Crippen LogP contribution is -2.23. The van der Waals surface area contributed by atoms with Crippen LogP contribution in [0.4, 0.5) is 28.4 Å². The summed E-state index contributed by atoms with van der Waals surface area (Å²) >= 11 is 0. The van der Waals surface area contributed by atoms with Crippen LogP contribution in [-0.4, -0.2) is 12.1 Å². The highest BCUT2D eigenvalue weighted by molar-refractivity contribution is 5.91. The topological polar surface area (TPSA) is 27.3 Å². The molecule has 0 saturated carbocycles. The van der Waals surface area contributed by atoms with E-state index in [9.17, 15) is 0 Å². The van der Waals surface area contributed by atoms with Crippen LogP contribution in [0.15, 0.2) is 78.9 Å². The van der Waals surface area contributed by atoms with Crippen LogP contribution in [0.5, 0.6) is 0 Å². The van der Waals surface area contributed by atoms with Crippen molar-refractivity contribution in [2.45, 2.75) is 66.5 Å². The van der Waals surface area contributed by atoms with Gasteiger partial charge in [-0.25, -0.2) is 0 Å². The standard InChI is InChI=1S/C30H41N3/c1-22(2)20-24(5)31-28-18-13-19-29(30(28)32-25(6)21-23(3)4)33(26-14-9-7-10-15-26)27-16-11-8-12-17-27/h7-19,22-25,31-32H,20-21H2,1-6H3. The van der Waals surface area contributed by atoms with E-state index in [1.54, 1.807) is 0 Å². The molecule has 0 aliphatic heterocycles. The van der Waals surface area contributed by atoms with Crippen LogP contribution in [0.1, 0.15) is 54.4 Å². The third-order valence-corrected chi connectivity index (χ3v) is 5.75. The highest BCUT2D eigenvalue weighted by atomic mass is 15.2. The summed E-state index contributed by atoms with van der Waals surface area (Å²) in [7, 11) is 0. The molecule has 3 aromatic carbocycles. The SMILES string of the molecule is CC(C)CC(C)Nc1cccc(N(c2ccccc2)c2ccccc2)c1NC(C)CC(C)C.